The van der Waals surface area contributed by atoms with Crippen molar-refractivity contribution in [1.82, 2.24) is 4.90 Å². The van der Waals surface area contributed by atoms with E-state index in [1.54, 1.807) is 12.1 Å². The summed E-state index contributed by atoms with van der Waals surface area (Å²) in [4.78, 5) is 2.43. The minimum absolute atomic E-state index is 0.183. The average molecular weight is 286 g/mol. The molecular formula is C14H17F3N2O. The number of halogens is 3. The number of fused-ring (bicyclic) bond motifs is 3. The molecule has 0 saturated carbocycles. The predicted octanol–water partition coefficient (Wildman–Crippen LogP) is 3.09. The lowest BCUT2D eigenvalue weighted by Crippen LogP contribution is -2.53. The maximum Gasteiger partial charge on any atom is 0.573 e. The van der Waals surface area contributed by atoms with Crippen LogP contribution in [0, 0.1) is 5.92 Å². The van der Waals surface area contributed by atoms with Crippen LogP contribution in [0.25, 0.3) is 0 Å². The number of piperidine rings is 3. The molecule has 0 amide bonds. The monoisotopic (exact) mass is 286 g/mol. The Hall–Kier alpha value is -1.43. The van der Waals surface area contributed by atoms with Crippen LogP contribution in [-0.2, 0) is 0 Å². The summed E-state index contributed by atoms with van der Waals surface area (Å²) in [5.41, 5.74) is 0.846. The summed E-state index contributed by atoms with van der Waals surface area (Å²) in [7, 11) is 0. The highest BCUT2D eigenvalue weighted by atomic mass is 19.4. The van der Waals surface area contributed by atoms with Crippen LogP contribution in [0.2, 0.25) is 0 Å². The summed E-state index contributed by atoms with van der Waals surface area (Å²) in [5, 5.41) is 3.42. The third-order valence-electron chi connectivity index (χ3n) is 4.10. The van der Waals surface area contributed by atoms with Gasteiger partial charge in [0.15, 0.2) is 0 Å². The van der Waals surface area contributed by atoms with Crippen molar-refractivity contribution < 1.29 is 17.9 Å². The Bertz CT molecular complexity index is 452. The fourth-order valence-electron chi connectivity index (χ4n) is 3.10. The van der Waals surface area contributed by atoms with Crippen molar-refractivity contribution in [3.05, 3.63) is 24.3 Å². The van der Waals surface area contributed by atoms with Gasteiger partial charge < -0.3 is 15.0 Å². The fourth-order valence-corrected chi connectivity index (χ4v) is 3.10. The molecule has 0 spiro atoms. The third kappa shape index (κ3) is 3.17. The van der Waals surface area contributed by atoms with Gasteiger partial charge in [0.25, 0.3) is 0 Å². The minimum atomic E-state index is -4.63. The Labute approximate surface area is 115 Å². The third-order valence-corrected chi connectivity index (χ3v) is 4.10. The van der Waals surface area contributed by atoms with Gasteiger partial charge in [0.05, 0.1) is 0 Å². The van der Waals surface area contributed by atoms with Crippen molar-refractivity contribution >= 4 is 5.69 Å². The largest absolute Gasteiger partial charge is 0.573 e. The highest BCUT2D eigenvalue weighted by Gasteiger charge is 2.34. The SMILES string of the molecule is FC(F)(F)Oc1ccc(NC2CN3CCC2CC3)cc1. The number of anilines is 1. The zero-order valence-electron chi connectivity index (χ0n) is 11.0. The molecule has 1 aromatic rings. The van der Waals surface area contributed by atoms with Gasteiger partial charge in [-0.2, -0.15) is 0 Å². The number of ether oxygens (including phenoxy) is 1. The summed E-state index contributed by atoms with van der Waals surface area (Å²) in [5.74, 6) is 0.489. The van der Waals surface area contributed by atoms with E-state index in [-0.39, 0.29) is 5.75 Å². The molecule has 3 fully saturated rings. The first-order valence-electron chi connectivity index (χ1n) is 6.84. The maximum absolute atomic E-state index is 12.1. The molecule has 4 rings (SSSR count). The Kier molecular flexibility index (Phi) is 3.50. The Balaban J connectivity index is 1.61. The van der Waals surface area contributed by atoms with Gasteiger partial charge in [-0.3, -0.25) is 0 Å². The van der Waals surface area contributed by atoms with E-state index in [0.29, 0.717) is 12.0 Å². The zero-order chi connectivity index (χ0) is 14.2. The zero-order valence-corrected chi connectivity index (χ0v) is 11.0. The molecule has 1 unspecified atom stereocenters. The molecule has 6 heteroatoms. The van der Waals surface area contributed by atoms with E-state index in [2.05, 4.69) is 15.0 Å². The molecule has 2 bridgehead atoms. The Morgan fingerprint density at radius 3 is 2.25 bits per heavy atom. The number of benzene rings is 1. The lowest BCUT2D eigenvalue weighted by atomic mass is 9.84. The Morgan fingerprint density at radius 1 is 1.10 bits per heavy atom. The molecule has 3 nitrogen and oxygen atoms in total. The summed E-state index contributed by atoms with van der Waals surface area (Å²) in [6.45, 7) is 3.36. The van der Waals surface area contributed by atoms with Gasteiger partial charge in [-0.05, 0) is 56.1 Å². The van der Waals surface area contributed by atoms with Gasteiger partial charge >= 0.3 is 6.36 Å². The van der Waals surface area contributed by atoms with Crippen molar-refractivity contribution in [2.75, 3.05) is 25.0 Å². The first kappa shape index (κ1) is 13.5. The van der Waals surface area contributed by atoms with Crippen LogP contribution in [0.1, 0.15) is 12.8 Å². The highest BCUT2D eigenvalue weighted by Crippen LogP contribution is 2.30. The minimum Gasteiger partial charge on any atom is -0.406 e. The molecule has 3 aliphatic rings. The topological polar surface area (TPSA) is 24.5 Å². The molecule has 1 N–H and O–H groups in total. The van der Waals surface area contributed by atoms with E-state index in [1.165, 1.54) is 38.1 Å². The van der Waals surface area contributed by atoms with Crippen LogP contribution in [-0.4, -0.2) is 36.9 Å². The molecule has 3 saturated heterocycles. The van der Waals surface area contributed by atoms with Gasteiger partial charge in [0, 0.05) is 18.3 Å². The van der Waals surface area contributed by atoms with Gasteiger partial charge in [-0.25, -0.2) is 0 Å². The summed E-state index contributed by atoms with van der Waals surface area (Å²) < 4.78 is 40.1. The molecule has 20 heavy (non-hydrogen) atoms. The van der Waals surface area contributed by atoms with E-state index >= 15 is 0 Å². The smallest absolute Gasteiger partial charge is 0.406 e. The van der Waals surface area contributed by atoms with Gasteiger partial charge in [-0.1, -0.05) is 0 Å². The molecular weight excluding hydrogens is 269 g/mol. The number of nitrogens with one attached hydrogen (secondary N) is 1. The number of nitrogens with zero attached hydrogens (tertiary/aromatic N) is 1. The van der Waals surface area contributed by atoms with Crippen molar-refractivity contribution in [3.8, 4) is 5.75 Å². The normalized spacial score (nSPS) is 29.2. The van der Waals surface area contributed by atoms with Crippen molar-refractivity contribution in [3.63, 3.8) is 0 Å². The molecule has 0 aliphatic carbocycles. The number of rotatable bonds is 3. The molecule has 0 radical (unpaired) electrons. The molecule has 0 aromatic heterocycles. The highest BCUT2D eigenvalue weighted by molar-refractivity contribution is 5.47. The van der Waals surface area contributed by atoms with Crippen molar-refractivity contribution in [1.29, 1.82) is 0 Å². The van der Waals surface area contributed by atoms with Crippen LogP contribution >= 0.6 is 0 Å². The number of hydrogen-bond acceptors (Lipinski definition) is 3. The quantitative estimate of drug-likeness (QED) is 0.924. The number of hydrogen-bond donors (Lipinski definition) is 1. The molecule has 110 valence electrons. The van der Waals surface area contributed by atoms with Crippen LogP contribution in [0.4, 0.5) is 18.9 Å². The van der Waals surface area contributed by atoms with Crippen LogP contribution in [0.15, 0.2) is 24.3 Å². The molecule has 1 atom stereocenters. The second-order valence-corrected chi connectivity index (χ2v) is 5.46. The summed E-state index contributed by atoms with van der Waals surface area (Å²) >= 11 is 0. The van der Waals surface area contributed by atoms with E-state index in [0.717, 1.165) is 12.2 Å². The first-order valence-corrected chi connectivity index (χ1v) is 6.84. The van der Waals surface area contributed by atoms with Crippen LogP contribution in [0.3, 0.4) is 0 Å². The van der Waals surface area contributed by atoms with E-state index in [9.17, 15) is 13.2 Å². The standard InChI is InChI=1S/C14H17F3N2O/c15-14(16,17)20-12-3-1-11(2-4-12)18-13-9-19-7-5-10(13)6-8-19/h1-4,10,13,18H,5-9H2. The van der Waals surface area contributed by atoms with Gasteiger partial charge in [-0.15, -0.1) is 13.2 Å². The lowest BCUT2D eigenvalue weighted by Gasteiger charge is -2.45. The summed E-state index contributed by atoms with van der Waals surface area (Å²) in [6.07, 6.45) is -2.23. The second-order valence-electron chi connectivity index (χ2n) is 5.46. The predicted molar refractivity (Wildman–Crippen MR) is 69.7 cm³/mol. The van der Waals surface area contributed by atoms with Gasteiger partial charge in [0.1, 0.15) is 5.75 Å². The molecule has 1 aromatic carbocycles. The van der Waals surface area contributed by atoms with E-state index < -0.39 is 6.36 Å². The lowest BCUT2D eigenvalue weighted by molar-refractivity contribution is -0.274. The fraction of sp³-hybridized carbons (Fsp3) is 0.571. The molecule has 3 heterocycles. The average Bonchev–Trinajstić information content (AvgIpc) is 2.41. The number of alkyl halides is 3. The maximum atomic E-state index is 12.1. The second kappa shape index (κ2) is 5.16. The Morgan fingerprint density at radius 2 is 1.75 bits per heavy atom. The van der Waals surface area contributed by atoms with Crippen LogP contribution in [0.5, 0.6) is 5.75 Å². The van der Waals surface area contributed by atoms with E-state index in [1.807, 2.05) is 0 Å². The van der Waals surface area contributed by atoms with Crippen LogP contribution < -0.4 is 10.1 Å². The van der Waals surface area contributed by atoms with Crippen molar-refractivity contribution in [2.45, 2.75) is 25.2 Å². The van der Waals surface area contributed by atoms with Crippen molar-refractivity contribution in [2.24, 2.45) is 5.92 Å². The summed E-state index contributed by atoms with van der Waals surface area (Å²) in [6, 6.07) is 6.36. The van der Waals surface area contributed by atoms with E-state index in [4.69, 9.17) is 0 Å². The van der Waals surface area contributed by atoms with Gasteiger partial charge in [0.2, 0.25) is 0 Å². The molecule has 3 aliphatic heterocycles. The first-order chi connectivity index (χ1) is 9.49.